The van der Waals surface area contributed by atoms with Crippen LogP contribution in [0, 0.1) is 0 Å². The van der Waals surface area contributed by atoms with Crippen LogP contribution in [0.3, 0.4) is 0 Å². The summed E-state index contributed by atoms with van der Waals surface area (Å²) >= 11 is 4.45. The molecule has 0 fully saturated rings. The van der Waals surface area contributed by atoms with E-state index in [1.54, 1.807) is 0 Å². The van der Waals surface area contributed by atoms with Gasteiger partial charge >= 0.3 is 187 Å². The van der Waals surface area contributed by atoms with Crippen molar-refractivity contribution in [1.82, 2.24) is 0 Å². The van der Waals surface area contributed by atoms with E-state index in [0.29, 0.717) is 0 Å². The Morgan fingerprint density at radius 3 is 1.20 bits per heavy atom. The van der Waals surface area contributed by atoms with Gasteiger partial charge in [0.2, 0.25) is 0 Å². The predicted octanol–water partition coefficient (Wildman–Crippen LogP) is 5.95. The Balaban J connectivity index is 2.09. The molecule has 0 saturated heterocycles. The van der Waals surface area contributed by atoms with Crippen molar-refractivity contribution in [2.24, 2.45) is 0 Å². The minimum absolute atomic E-state index is 0.106. The van der Waals surface area contributed by atoms with Crippen molar-refractivity contribution in [3.63, 3.8) is 0 Å². The zero-order chi connectivity index (χ0) is 21.1. The van der Waals surface area contributed by atoms with Crippen molar-refractivity contribution in [3.8, 4) is 0 Å². The summed E-state index contributed by atoms with van der Waals surface area (Å²) in [5.74, 6) is 0. The molecule has 0 spiro atoms. The summed E-state index contributed by atoms with van der Waals surface area (Å²) < 4.78 is 0. The first-order chi connectivity index (χ1) is 14.6. The molecule has 0 radical (unpaired) electrons. The van der Waals surface area contributed by atoms with Gasteiger partial charge in [-0.3, -0.25) is 0 Å². The SMILES string of the molecule is C[C@H]([C@H](O)c1ccccc1)P(Br)(c1ccccc1)(c1ccccc1)c1ccccc1. The van der Waals surface area contributed by atoms with Crippen molar-refractivity contribution in [2.75, 3.05) is 0 Å². The minimum atomic E-state index is -3.23. The molecular weight excluding hydrogens is 451 g/mol. The van der Waals surface area contributed by atoms with Crippen molar-refractivity contribution in [3.05, 3.63) is 127 Å². The van der Waals surface area contributed by atoms with Crippen LogP contribution in [0.15, 0.2) is 121 Å². The Kier molecular flexibility index (Phi) is 5.93. The number of benzene rings is 4. The monoisotopic (exact) mass is 476 g/mol. The van der Waals surface area contributed by atoms with E-state index in [1.807, 2.05) is 48.5 Å². The van der Waals surface area contributed by atoms with Gasteiger partial charge in [-0.2, -0.15) is 0 Å². The van der Waals surface area contributed by atoms with Crippen LogP contribution < -0.4 is 15.9 Å². The van der Waals surface area contributed by atoms with Gasteiger partial charge < -0.3 is 0 Å². The van der Waals surface area contributed by atoms with Gasteiger partial charge in [0.25, 0.3) is 0 Å². The third-order valence-electron chi connectivity index (χ3n) is 6.15. The number of hydrogen-bond donors (Lipinski definition) is 1. The van der Waals surface area contributed by atoms with Crippen LogP contribution in [0.5, 0.6) is 0 Å². The van der Waals surface area contributed by atoms with Gasteiger partial charge in [-0.1, -0.05) is 0 Å². The molecule has 1 N–H and O–H groups in total. The van der Waals surface area contributed by atoms with Crippen LogP contribution in [-0.4, -0.2) is 10.8 Å². The molecule has 152 valence electrons. The molecule has 4 aromatic carbocycles. The van der Waals surface area contributed by atoms with Crippen molar-refractivity contribution in [2.45, 2.75) is 18.7 Å². The van der Waals surface area contributed by atoms with Crippen LogP contribution in [-0.2, 0) is 0 Å². The quantitative estimate of drug-likeness (QED) is 0.341. The molecule has 0 heterocycles. The van der Waals surface area contributed by atoms with Crippen molar-refractivity contribution in [1.29, 1.82) is 0 Å². The first-order valence-corrected chi connectivity index (χ1v) is 14.5. The molecule has 1 nitrogen and oxygen atoms in total. The maximum absolute atomic E-state index is 11.7. The fourth-order valence-corrected chi connectivity index (χ4v) is 12.6. The van der Waals surface area contributed by atoms with Crippen LogP contribution in [0.25, 0.3) is 0 Å². The molecular formula is C27H26BrOP. The summed E-state index contributed by atoms with van der Waals surface area (Å²) in [6, 6.07) is 41.8. The standard InChI is InChI=1S/C27H26BrOP/c1-22(27(29)23-14-6-2-7-15-23)30(28,24-16-8-3-9-17-24,25-18-10-4-11-19-25)26-20-12-5-13-21-26/h2-22,27,29H,1H3/t22-,27+/m1/s1. The van der Waals surface area contributed by atoms with E-state index < -0.39 is 11.4 Å². The second kappa shape index (κ2) is 8.47. The van der Waals surface area contributed by atoms with E-state index in [0.717, 1.165) is 5.56 Å². The molecule has 4 aromatic rings. The second-order valence-electron chi connectivity index (χ2n) is 7.68. The normalized spacial score (nSPS) is 15.0. The number of hydrogen-bond acceptors (Lipinski definition) is 1. The molecule has 4 rings (SSSR count). The van der Waals surface area contributed by atoms with E-state index >= 15 is 0 Å². The summed E-state index contributed by atoms with van der Waals surface area (Å²) in [5.41, 5.74) is 0.826. The molecule has 3 heteroatoms. The number of aliphatic hydroxyl groups excluding tert-OH is 1. The van der Waals surface area contributed by atoms with Gasteiger partial charge in [-0.05, 0) is 0 Å². The van der Waals surface area contributed by atoms with Gasteiger partial charge in [-0.25, -0.2) is 0 Å². The number of halogens is 1. The Bertz CT molecular complexity index is 985. The van der Waals surface area contributed by atoms with Gasteiger partial charge in [0.1, 0.15) is 0 Å². The van der Waals surface area contributed by atoms with Crippen LogP contribution in [0.4, 0.5) is 0 Å². The van der Waals surface area contributed by atoms with Gasteiger partial charge in [0, 0.05) is 0 Å². The molecule has 0 aliphatic rings. The molecule has 0 aliphatic heterocycles. The molecule has 0 aromatic heterocycles. The average Bonchev–Trinajstić information content (AvgIpc) is 2.85. The van der Waals surface area contributed by atoms with Gasteiger partial charge in [0.15, 0.2) is 0 Å². The van der Waals surface area contributed by atoms with Crippen molar-refractivity contribution < 1.29 is 5.11 Å². The van der Waals surface area contributed by atoms with Crippen molar-refractivity contribution >= 4 is 36.7 Å². The topological polar surface area (TPSA) is 20.2 Å². The summed E-state index contributed by atoms with van der Waals surface area (Å²) in [6.07, 6.45) is -0.635. The second-order valence-corrected chi connectivity index (χ2v) is 16.6. The molecule has 0 unspecified atom stereocenters. The maximum atomic E-state index is 11.7. The van der Waals surface area contributed by atoms with Crippen LogP contribution >= 0.6 is 20.8 Å². The first kappa shape index (κ1) is 21.0. The Morgan fingerprint density at radius 1 is 0.567 bits per heavy atom. The van der Waals surface area contributed by atoms with E-state index in [-0.39, 0.29) is 5.66 Å². The number of aliphatic hydroxyl groups is 1. The average molecular weight is 477 g/mol. The van der Waals surface area contributed by atoms with Crippen LogP contribution in [0.1, 0.15) is 18.6 Å². The van der Waals surface area contributed by atoms with E-state index in [4.69, 9.17) is 0 Å². The fourth-order valence-electron chi connectivity index (χ4n) is 4.50. The van der Waals surface area contributed by atoms with Gasteiger partial charge in [0.05, 0.1) is 0 Å². The predicted molar refractivity (Wildman–Crippen MR) is 135 cm³/mol. The molecule has 30 heavy (non-hydrogen) atoms. The third-order valence-corrected chi connectivity index (χ3v) is 17.5. The Morgan fingerprint density at radius 2 is 0.867 bits per heavy atom. The summed E-state index contributed by atoms with van der Waals surface area (Å²) in [7, 11) is 0. The van der Waals surface area contributed by atoms with E-state index in [9.17, 15) is 5.11 Å². The van der Waals surface area contributed by atoms with Gasteiger partial charge in [-0.15, -0.1) is 0 Å². The summed E-state index contributed by atoms with van der Waals surface area (Å²) in [6.45, 7) is 2.18. The first-order valence-electron chi connectivity index (χ1n) is 10.2. The van der Waals surface area contributed by atoms with E-state index in [1.165, 1.54) is 15.9 Å². The molecule has 0 aliphatic carbocycles. The van der Waals surface area contributed by atoms with Crippen LogP contribution in [0.2, 0.25) is 0 Å². The molecule has 0 amide bonds. The summed E-state index contributed by atoms with van der Waals surface area (Å²) in [5, 5.41) is 12.1. The number of rotatable bonds is 6. The Hall–Kier alpha value is -2.25. The Labute approximate surface area is 187 Å². The summed E-state index contributed by atoms with van der Waals surface area (Å²) in [4.78, 5) is 0. The third kappa shape index (κ3) is 3.24. The van der Waals surface area contributed by atoms with E-state index in [2.05, 4.69) is 95.2 Å². The zero-order valence-corrected chi connectivity index (χ0v) is 19.5. The molecule has 0 bridgehead atoms. The molecule has 0 saturated carbocycles. The zero-order valence-electron chi connectivity index (χ0n) is 17.0. The fraction of sp³-hybridized carbons (Fsp3) is 0.111. The molecule has 2 atom stereocenters.